The monoisotopic (exact) mass is 284 g/mol. The highest BCUT2D eigenvalue weighted by molar-refractivity contribution is 6.18. The van der Waals surface area contributed by atoms with Gasteiger partial charge in [0.2, 0.25) is 0 Å². The molecule has 104 valence electrons. The number of rotatable bonds is 4. The van der Waals surface area contributed by atoms with Crippen LogP contribution in [-0.4, -0.2) is 34.3 Å². The normalized spacial score (nSPS) is 16.3. The van der Waals surface area contributed by atoms with E-state index in [2.05, 4.69) is 4.98 Å². The number of aromatic nitrogens is 1. The van der Waals surface area contributed by atoms with Crippen LogP contribution in [0.2, 0.25) is 0 Å². The summed E-state index contributed by atoms with van der Waals surface area (Å²) in [6.45, 7) is 0.518. The Kier molecular flexibility index (Phi) is 5.14. The van der Waals surface area contributed by atoms with Gasteiger partial charge in [-0.15, -0.1) is 11.6 Å². The maximum atomic E-state index is 12.8. The van der Waals surface area contributed by atoms with Crippen LogP contribution in [0.5, 0.6) is 0 Å². The van der Waals surface area contributed by atoms with Crippen LogP contribution in [0.25, 0.3) is 0 Å². The summed E-state index contributed by atoms with van der Waals surface area (Å²) in [6, 6.07) is 2.94. The Hall–Kier alpha value is -1.16. The Morgan fingerprint density at radius 3 is 2.68 bits per heavy atom. The number of hydrogen-bond donors (Lipinski definition) is 0. The number of alkyl halides is 1. The average Bonchev–Trinajstić information content (AvgIpc) is 2.46. The van der Waals surface area contributed by atoms with E-state index < -0.39 is 5.82 Å². The van der Waals surface area contributed by atoms with E-state index in [1.54, 1.807) is 4.90 Å². The van der Waals surface area contributed by atoms with Crippen molar-refractivity contribution in [3.05, 3.63) is 29.8 Å². The summed E-state index contributed by atoms with van der Waals surface area (Å²) in [5, 5.41) is 0. The first kappa shape index (κ1) is 14.3. The highest BCUT2D eigenvalue weighted by Crippen LogP contribution is 2.23. The molecule has 1 amide bonds. The van der Waals surface area contributed by atoms with Crippen molar-refractivity contribution >= 4 is 17.5 Å². The third-order valence-electron chi connectivity index (χ3n) is 3.55. The van der Waals surface area contributed by atoms with Gasteiger partial charge in [-0.3, -0.25) is 4.79 Å². The van der Waals surface area contributed by atoms with Crippen LogP contribution in [0.4, 0.5) is 4.39 Å². The molecular formula is C14H18ClFN2O. The second-order valence-corrected chi connectivity index (χ2v) is 5.22. The van der Waals surface area contributed by atoms with E-state index in [1.165, 1.54) is 18.6 Å². The number of carbonyl (C=O) groups excluding carboxylic acids is 1. The van der Waals surface area contributed by atoms with Crippen molar-refractivity contribution < 1.29 is 9.18 Å². The smallest absolute Gasteiger partial charge is 0.272 e. The lowest BCUT2D eigenvalue weighted by atomic mass is 9.94. The van der Waals surface area contributed by atoms with E-state index in [0.717, 1.165) is 31.9 Å². The molecule has 1 aromatic heterocycles. The summed E-state index contributed by atoms with van der Waals surface area (Å²) in [4.78, 5) is 18.1. The fourth-order valence-corrected chi connectivity index (χ4v) is 2.77. The van der Waals surface area contributed by atoms with Gasteiger partial charge in [0.05, 0.1) is 6.20 Å². The first-order valence-electron chi connectivity index (χ1n) is 6.71. The zero-order chi connectivity index (χ0) is 13.7. The van der Waals surface area contributed by atoms with Crippen molar-refractivity contribution in [3.63, 3.8) is 0 Å². The van der Waals surface area contributed by atoms with Crippen molar-refractivity contribution in [2.24, 2.45) is 0 Å². The first-order chi connectivity index (χ1) is 9.22. The van der Waals surface area contributed by atoms with Crippen molar-refractivity contribution in [2.75, 3.05) is 12.4 Å². The van der Waals surface area contributed by atoms with Gasteiger partial charge in [0.25, 0.3) is 5.91 Å². The molecule has 0 bridgehead atoms. The van der Waals surface area contributed by atoms with Crippen LogP contribution >= 0.6 is 11.6 Å². The summed E-state index contributed by atoms with van der Waals surface area (Å²) < 4.78 is 12.8. The molecule has 0 spiro atoms. The molecule has 1 saturated carbocycles. The molecule has 1 aliphatic carbocycles. The molecule has 0 unspecified atom stereocenters. The predicted octanol–water partition coefficient (Wildman–Crippen LogP) is 3.23. The number of halogens is 2. The largest absolute Gasteiger partial charge is 0.333 e. The van der Waals surface area contributed by atoms with Gasteiger partial charge in [0, 0.05) is 18.5 Å². The molecule has 0 radical (unpaired) electrons. The Morgan fingerprint density at radius 1 is 1.37 bits per heavy atom. The molecule has 0 atom stereocenters. The maximum absolute atomic E-state index is 12.8. The molecular weight excluding hydrogens is 267 g/mol. The van der Waals surface area contributed by atoms with Crippen LogP contribution in [0.3, 0.4) is 0 Å². The molecule has 0 N–H and O–H groups in total. The van der Waals surface area contributed by atoms with Gasteiger partial charge in [0.1, 0.15) is 11.5 Å². The van der Waals surface area contributed by atoms with Crippen LogP contribution in [-0.2, 0) is 0 Å². The standard InChI is InChI=1S/C14H18ClFN2O/c15-8-9-18(12-4-2-1-3-5-12)14(19)13-7-6-11(16)10-17-13/h6-7,10,12H,1-5,8-9H2. The maximum Gasteiger partial charge on any atom is 0.272 e. The number of pyridine rings is 1. The van der Waals surface area contributed by atoms with Gasteiger partial charge < -0.3 is 4.90 Å². The van der Waals surface area contributed by atoms with E-state index in [-0.39, 0.29) is 17.6 Å². The van der Waals surface area contributed by atoms with E-state index in [0.29, 0.717) is 12.4 Å². The number of amides is 1. The van der Waals surface area contributed by atoms with Gasteiger partial charge in [-0.05, 0) is 25.0 Å². The van der Waals surface area contributed by atoms with Gasteiger partial charge >= 0.3 is 0 Å². The van der Waals surface area contributed by atoms with Crippen molar-refractivity contribution in [2.45, 2.75) is 38.1 Å². The van der Waals surface area contributed by atoms with Gasteiger partial charge in [-0.1, -0.05) is 19.3 Å². The SMILES string of the molecule is O=C(c1ccc(F)cn1)N(CCCl)C1CCCCC1. The topological polar surface area (TPSA) is 33.2 Å². The predicted molar refractivity (Wildman–Crippen MR) is 72.8 cm³/mol. The molecule has 1 fully saturated rings. The van der Waals surface area contributed by atoms with Crippen molar-refractivity contribution in [1.82, 2.24) is 9.88 Å². The highest BCUT2D eigenvalue weighted by Gasteiger charge is 2.26. The van der Waals surface area contributed by atoms with Gasteiger partial charge in [-0.25, -0.2) is 9.37 Å². The summed E-state index contributed by atoms with van der Waals surface area (Å²) in [7, 11) is 0. The van der Waals surface area contributed by atoms with Gasteiger partial charge in [-0.2, -0.15) is 0 Å². The molecule has 3 nitrogen and oxygen atoms in total. The fourth-order valence-electron chi connectivity index (χ4n) is 2.58. The third-order valence-corrected chi connectivity index (χ3v) is 3.72. The zero-order valence-electron chi connectivity index (χ0n) is 10.8. The van der Waals surface area contributed by atoms with Crippen LogP contribution < -0.4 is 0 Å². The number of nitrogens with zero attached hydrogens (tertiary/aromatic N) is 2. The first-order valence-corrected chi connectivity index (χ1v) is 7.24. The summed E-state index contributed by atoms with van der Waals surface area (Å²) in [6.07, 6.45) is 6.63. The van der Waals surface area contributed by atoms with E-state index >= 15 is 0 Å². The minimum absolute atomic E-state index is 0.146. The lowest BCUT2D eigenvalue weighted by Gasteiger charge is -2.33. The van der Waals surface area contributed by atoms with Crippen LogP contribution in [0, 0.1) is 5.82 Å². The quantitative estimate of drug-likeness (QED) is 0.795. The molecule has 5 heteroatoms. The van der Waals surface area contributed by atoms with Crippen LogP contribution in [0.1, 0.15) is 42.6 Å². The van der Waals surface area contributed by atoms with Crippen LogP contribution in [0.15, 0.2) is 18.3 Å². The summed E-state index contributed by atoms with van der Waals surface area (Å²) in [5.41, 5.74) is 0.289. The summed E-state index contributed by atoms with van der Waals surface area (Å²) >= 11 is 5.80. The molecule has 0 aromatic carbocycles. The lowest BCUT2D eigenvalue weighted by molar-refractivity contribution is 0.0643. The Morgan fingerprint density at radius 2 is 2.11 bits per heavy atom. The molecule has 1 aliphatic rings. The molecule has 1 aromatic rings. The molecule has 2 rings (SSSR count). The third kappa shape index (κ3) is 3.66. The zero-order valence-corrected chi connectivity index (χ0v) is 11.6. The lowest BCUT2D eigenvalue weighted by Crippen LogP contribution is -2.43. The minimum atomic E-state index is -0.432. The Balaban J connectivity index is 2.13. The fraction of sp³-hybridized carbons (Fsp3) is 0.571. The average molecular weight is 285 g/mol. The number of hydrogen-bond acceptors (Lipinski definition) is 2. The van der Waals surface area contributed by atoms with E-state index in [1.807, 2.05) is 0 Å². The molecule has 1 heterocycles. The Bertz CT molecular complexity index is 418. The Labute approximate surface area is 117 Å². The van der Waals surface area contributed by atoms with E-state index in [4.69, 9.17) is 11.6 Å². The second kappa shape index (κ2) is 6.85. The highest BCUT2D eigenvalue weighted by atomic mass is 35.5. The van der Waals surface area contributed by atoms with E-state index in [9.17, 15) is 9.18 Å². The van der Waals surface area contributed by atoms with Crippen molar-refractivity contribution in [1.29, 1.82) is 0 Å². The minimum Gasteiger partial charge on any atom is -0.333 e. The summed E-state index contributed by atoms with van der Waals surface area (Å²) in [5.74, 6) is -0.172. The van der Waals surface area contributed by atoms with Gasteiger partial charge in [0.15, 0.2) is 0 Å². The second-order valence-electron chi connectivity index (χ2n) is 4.84. The van der Waals surface area contributed by atoms with Crippen molar-refractivity contribution in [3.8, 4) is 0 Å². The number of carbonyl (C=O) groups is 1. The molecule has 0 saturated heterocycles. The molecule has 0 aliphatic heterocycles. The molecule has 19 heavy (non-hydrogen) atoms.